The molecular weight excluding hydrogens is 490 g/mol. The van der Waals surface area contributed by atoms with Crippen molar-refractivity contribution in [2.75, 3.05) is 51.3 Å². The minimum absolute atomic E-state index is 0.0495. The molecular formula is C27H35N5O4S. The van der Waals surface area contributed by atoms with Gasteiger partial charge in [0.1, 0.15) is 18.7 Å². The second-order valence-electron chi connectivity index (χ2n) is 11.2. The first kappa shape index (κ1) is 25.8. The predicted octanol–water partition coefficient (Wildman–Crippen LogP) is 2.28. The highest BCUT2D eigenvalue weighted by Crippen LogP contribution is 2.31. The molecule has 1 aromatic carbocycles. The molecule has 3 fully saturated rings. The number of hydrogen-bond donors (Lipinski definition) is 1. The number of fused-ring (bicyclic) bond motifs is 1. The van der Waals surface area contributed by atoms with Crippen LogP contribution in [-0.4, -0.2) is 96.9 Å². The van der Waals surface area contributed by atoms with Crippen LogP contribution in [0.25, 0.3) is 11.3 Å². The first-order chi connectivity index (χ1) is 17.6. The van der Waals surface area contributed by atoms with Gasteiger partial charge in [0, 0.05) is 49.2 Å². The number of Topliss-reactive ketones (excluding diaryl/α,β-unsaturated/α-hetero) is 1. The van der Waals surface area contributed by atoms with Crippen molar-refractivity contribution < 1.29 is 19.1 Å². The van der Waals surface area contributed by atoms with Crippen LogP contribution in [0, 0.1) is 5.41 Å². The van der Waals surface area contributed by atoms with Gasteiger partial charge in [0.25, 0.3) is 5.91 Å². The Hall–Kier alpha value is -2.82. The van der Waals surface area contributed by atoms with Crippen molar-refractivity contribution in [3.8, 4) is 11.3 Å². The number of benzene rings is 1. The Morgan fingerprint density at radius 3 is 2.49 bits per heavy atom. The fourth-order valence-electron chi connectivity index (χ4n) is 5.20. The van der Waals surface area contributed by atoms with Gasteiger partial charge in [-0.25, -0.2) is 4.98 Å². The number of ketones is 1. The molecule has 0 aliphatic carbocycles. The van der Waals surface area contributed by atoms with Gasteiger partial charge in [0.15, 0.2) is 10.9 Å². The third kappa shape index (κ3) is 5.28. The third-order valence-electron chi connectivity index (χ3n) is 7.49. The molecule has 0 unspecified atom stereocenters. The Kier molecular flexibility index (Phi) is 7.08. The van der Waals surface area contributed by atoms with Crippen molar-refractivity contribution in [2.24, 2.45) is 5.41 Å². The number of carbonyl (C=O) groups excluding carboxylic acids is 3. The third-order valence-corrected chi connectivity index (χ3v) is 8.39. The lowest BCUT2D eigenvalue weighted by atomic mass is 9.85. The molecule has 2 amide bonds. The first-order valence-electron chi connectivity index (χ1n) is 12.9. The Morgan fingerprint density at radius 1 is 1.11 bits per heavy atom. The first-order valence-corrected chi connectivity index (χ1v) is 13.7. The summed E-state index contributed by atoms with van der Waals surface area (Å²) in [5.41, 5.74) is 1.77. The lowest BCUT2D eigenvalue weighted by Gasteiger charge is -2.35. The molecule has 5 rings (SSSR count). The van der Waals surface area contributed by atoms with Crippen molar-refractivity contribution in [1.29, 1.82) is 0 Å². The van der Waals surface area contributed by atoms with Gasteiger partial charge in [0.2, 0.25) is 5.91 Å². The van der Waals surface area contributed by atoms with Gasteiger partial charge < -0.3 is 24.8 Å². The number of carbonyl (C=O) groups is 3. The molecule has 3 atom stereocenters. The molecule has 37 heavy (non-hydrogen) atoms. The highest BCUT2D eigenvalue weighted by atomic mass is 32.1. The van der Waals surface area contributed by atoms with E-state index in [4.69, 9.17) is 9.72 Å². The topological polar surface area (TPSA) is 95.1 Å². The summed E-state index contributed by atoms with van der Waals surface area (Å²) in [4.78, 5) is 50.1. The molecule has 0 saturated carbocycles. The number of aromatic nitrogens is 1. The molecule has 1 N–H and O–H groups in total. The van der Waals surface area contributed by atoms with E-state index in [2.05, 4.69) is 22.2 Å². The lowest BCUT2D eigenvalue weighted by Crippen LogP contribution is -2.57. The molecule has 0 spiro atoms. The smallest absolute Gasteiger partial charge is 0.251 e. The summed E-state index contributed by atoms with van der Waals surface area (Å²) in [6.45, 7) is 10.2. The molecule has 198 valence electrons. The molecule has 3 aliphatic heterocycles. The minimum Gasteiger partial charge on any atom is -0.368 e. The van der Waals surface area contributed by atoms with Crippen LogP contribution >= 0.6 is 11.3 Å². The predicted molar refractivity (Wildman–Crippen MR) is 143 cm³/mol. The summed E-state index contributed by atoms with van der Waals surface area (Å²) in [5.74, 6) is -0.619. The zero-order chi connectivity index (χ0) is 26.3. The number of rotatable bonds is 5. The monoisotopic (exact) mass is 525 g/mol. The highest BCUT2D eigenvalue weighted by molar-refractivity contribution is 7.14. The van der Waals surface area contributed by atoms with E-state index in [1.165, 1.54) is 0 Å². The van der Waals surface area contributed by atoms with Crippen LogP contribution in [0.2, 0.25) is 0 Å². The highest BCUT2D eigenvalue weighted by Gasteiger charge is 2.49. The average molecular weight is 526 g/mol. The van der Waals surface area contributed by atoms with Gasteiger partial charge in [-0.2, -0.15) is 0 Å². The van der Waals surface area contributed by atoms with E-state index in [9.17, 15) is 14.4 Å². The van der Waals surface area contributed by atoms with E-state index in [1.807, 2.05) is 38.3 Å². The van der Waals surface area contributed by atoms with Crippen molar-refractivity contribution in [1.82, 2.24) is 20.1 Å². The standard InChI is InChI=1S/C27H35N5O4S/c1-27(2,3)23(25(35)32-10-9-21-22(32)20(33)15-36-21)29-24(34)18-7-5-17(6-8-18)19-16-37-26(28-19)31-13-11-30(4)12-14-31/h5-8,16,21-23H,9-15H2,1-4H3,(H,29,34)/t21-,22-,23-/m1/s1. The van der Waals surface area contributed by atoms with Gasteiger partial charge in [-0.3, -0.25) is 14.4 Å². The quantitative estimate of drug-likeness (QED) is 0.640. The Balaban J connectivity index is 1.27. The van der Waals surface area contributed by atoms with Crippen molar-refractivity contribution in [2.45, 2.75) is 45.4 Å². The summed E-state index contributed by atoms with van der Waals surface area (Å²) in [5, 5.41) is 6.02. The number of ether oxygens (including phenoxy) is 1. The number of anilines is 1. The number of piperazine rings is 1. The molecule has 3 saturated heterocycles. The summed E-state index contributed by atoms with van der Waals surface area (Å²) >= 11 is 1.64. The fourth-order valence-corrected chi connectivity index (χ4v) is 6.09. The molecule has 0 radical (unpaired) electrons. The van der Waals surface area contributed by atoms with E-state index < -0.39 is 17.5 Å². The van der Waals surface area contributed by atoms with Crippen LogP contribution in [0.15, 0.2) is 29.6 Å². The van der Waals surface area contributed by atoms with E-state index in [0.717, 1.165) is 42.6 Å². The van der Waals surface area contributed by atoms with Gasteiger partial charge in [-0.1, -0.05) is 32.9 Å². The van der Waals surface area contributed by atoms with Gasteiger partial charge in [-0.05, 0) is 31.0 Å². The maximum atomic E-state index is 13.5. The SMILES string of the molecule is CN1CCN(c2nc(-c3ccc(C(=O)N[C@H](C(=O)N4CC[C@H]5OCC(=O)[C@H]54)C(C)(C)C)cc3)cs2)CC1. The van der Waals surface area contributed by atoms with Crippen LogP contribution < -0.4 is 10.2 Å². The summed E-state index contributed by atoms with van der Waals surface area (Å²) in [7, 11) is 2.13. The second-order valence-corrected chi connectivity index (χ2v) is 12.1. The number of nitrogens with one attached hydrogen (secondary N) is 1. The number of nitrogens with zero attached hydrogens (tertiary/aromatic N) is 4. The number of amides is 2. The van der Waals surface area contributed by atoms with Gasteiger partial charge in [-0.15, -0.1) is 11.3 Å². The summed E-state index contributed by atoms with van der Waals surface area (Å²) < 4.78 is 5.53. The van der Waals surface area contributed by atoms with Crippen LogP contribution in [0.4, 0.5) is 5.13 Å². The van der Waals surface area contributed by atoms with Crippen LogP contribution in [0.3, 0.4) is 0 Å². The zero-order valence-corrected chi connectivity index (χ0v) is 22.7. The molecule has 3 aliphatic rings. The largest absolute Gasteiger partial charge is 0.368 e. The Morgan fingerprint density at radius 2 is 1.81 bits per heavy atom. The second kappa shape index (κ2) is 10.2. The fraction of sp³-hybridized carbons (Fsp3) is 0.556. The van der Waals surface area contributed by atoms with E-state index in [1.54, 1.807) is 28.4 Å². The van der Waals surface area contributed by atoms with Crippen LogP contribution in [0.1, 0.15) is 37.6 Å². The Labute approximate surface area is 221 Å². The average Bonchev–Trinajstić information content (AvgIpc) is 3.60. The van der Waals surface area contributed by atoms with E-state index in [-0.39, 0.29) is 30.3 Å². The Bertz CT molecular complexity index is 1170. The molecule has 4 heterocycles. The van der Waals surface area contributed by atoms with Gasteiger partial charge in [0.05, 0.1) is 11.8 Å². The maximum absolute atomic E-state index is 13.5. The molecule has 2 aromatic rings. The number of thiazole rings is 1. The van der Waals surface area contributed by atoms with Crippen LogP contribution in [-0.2, 0) is 14.3 Å². The maximum Gasteiger partial charge on any atom is 0.251 e. The minimum atomic E-state index is -0.767. The summed E-state index contributed by atoms with van der Waals surface area (Å²) in [6.07, 6.45) is 0.407. The van der Waals surface area contributed by atoms with Crippen molar-refractivity contribution >= 4 is 34.1 Å². The van der Waals surface area contributed by atoms with Crippen molar-refractivity contribution in [3.63, 3.8) is 0 Å². The molecule has 0 bridgehead atoms. The molecule has 1 aromatic heterocycles. The number of likely N-dealkylation sites (N-methyl/N-ethyl adjacent to an activating group) is 1. The number of hydrogen-bond acceptors (Lipinski definition) is 8. The van der Waals surface area contributed by atoms with Crippen LogP contribution in [0.5, 0.6) is 0 Å². The molecule has 9 nitrogen and oxygen atoms in total. The normalized spacial score (nSPS) is 23.3. The lowest BCUT2D eigenvalue weighted by molar-refractivity contribution is -0.140. The van der Waals surface area contributed by atoms with Crippen molar-refractivity contribution in [3.05, 3.63) is 35.2 Å². The van der Waals surface area contributed by atoms with Gasteiger partial charge >= 0.3 is 0 Å². The number of likely N-dealkylation sites (tertiary alicyclic amines) is 1. The summed E-state index contributed by atoms with van der Waals surface area (Å²) in [6, 6.07) is 6.02. The van der Waals surface area contributed by atoms with E-state index >= 15 is 0 Å². The molecule has 10 heteroatoms. The van der Waals surface area contributed by atoms with E-state index in [0.29, 0.717) is 18.5 Å². The zero-order valence-electron chi connectivity index (χ0n) is 21.9.